The average Bonchev–Trinajstić information content (AvgIpc) is 3.28. The zero-order valence-electron chi connectivity index (χ0n) is 14.8. The summed E-state index contributed by atoms with van der Waals surface area (Å²) in [6.07, 6.45) is 3.29. The van der Waals surface area contributed by atoms with Gasteiger partial charge >= 0.3 is 5.97 Å². The predicted molar refractivity (Wildman–Crippen MR) is 106 cm³/mol. The second-order valence-electron chi connectivity index (χ2n) is 5.94. The lowest BCUT2D eigenvalue weighted by Crippen LogP contribution is -2.13. The molecule has 28 heavy (non-hydrogen) atoms. The number of rotatable bonds is 5. The van der Waals surface area contributed by atoms with Gasteiger partial charge in [0.05, 0.1) is 40.6 Å². The van der Waals surface area contributed by atoms with E-state index in [9.17, 15) is 4.79 Å². The molecule has 9 heteroatoms. The molecule has 0 aliphatic carbocycles. The summed E-state index contributed by atoms with van der Waals surface area (Å²) in [4.78, 5) is 16.7. The van der Waals surface area contributed by atoms with Gasteiger partial charge in [0.1, 0.15) is 0 Å². The molecule has 142 valence electrons. The van der Waals surface area contributed by atoms with Crippen molar-refractivity contribution in [3.05, 3.63) is 70.2 Å². The van der Waals surface area contributed by atoms with Crippen LogP contribution in [0, 0.1) is 0 Å². The third kappa shape index (κ3) is 3.34. The quantitative estimate of drug-likeness (QED) is 0.457. The van der Waals surface area contributed by atoms with Gasteiger partial charge in [-0.2, -0.15) is 10.2 Å². The second kappa shape index (κ2) is 7.61. The maximum Gasteiger partial charge on any atom is 0.357 e. The maximum atomic E-state index is 12.4. The molecule has 0 N–H and O–H groups in total. The molecule has 0 radical (unpaired) electrons. The van der Waals surface area contributed by atoms with Crippen molar-refractivity contribution in [2.45, 2.75) is 13.5 Å². The number of pyridine rings is 1. The van der Waals surface area contributed by atoms with E-state index in [1.807, 2.05) is 18.2 Å². The van der Waals surface area contributed by atoms with Gasteiger partial charge in [0.25, 0.3) is 0 Å². The number of carbonyl (C=O) groups is 1. The Balaban J connectivity index is 1.77. The number of carbonyl (C=O) groups excluding carboxylic acids is 1. The van der Waals surface area contributed by atoms with Crippen LogP contribution in [0.5, 0.6) is 0 Å². The lowest BCUT2D eigenvalue weighted by atomic mass is 10.2. The van der Waals surface area contributed by atoms with E-state index >= 15 is 0 Å². The largest absolute Gasteiger partial charge is 0.461 e. The van der Waals surface area contributed by atoms with Gasteiger partial charge in [0.15, 0.2) is 11.5 Å². The Bertz CT molecular complexity index is 1170. The maximum absolute atomic E-state index is 12.4. The summed E-state index contributed by atoms with van der Waals surface area (Å²) in [5.74, 6) is -0.150. The number of ether oxygens (including phenoxy) is 1. The number of hydrogen-bond donors (Lipinski definition) is 0. The second-order valence-corrected chi connectivity index (χ2v) is 6.75. The van der Waals surface area contributed by atoms with E-state index in [2.05, 4.69) is 15.2 Å². The Hall–Kier alpha value is -2.90. The lowest BCUT2D eigenvalue weighted by Gasteiger charge is -2.07. The highest BCUT2D eigenvalue weighted by Crippen LogP contribution is 2.24. The zero-order chi connectivity index (χ0) is 19.7. The van der Waals surface area contributed by atoms with Gasteiger partial charge in [0, 0.05) is 11.6 Å². The monoisotopic (exact) mass is 415 g/mol. The third-order valence-electron chi connectivity index (χ3n) is 4.13. The molecular formula is C19H15Cl2N5O2. The fourth-order valence-corrected chi connectivity index (χ4v) is 3.32. The van der Waals surface area contributed by atoms with Gasteiger partial charge < -0.3 is 4.74 Å². The van der Waals surface area contributed by atoms with Crippen LogP contribution in [0.3, 0.4) is 0 Å². The fourth-order valence-electron chi connectivity index (χ4n) is 2.90. The van der Waals surface area contributed by atoms with E-state index in [1.54, 1.807) is 42.2 Å². The van der Waals surface area contributed by atoms with Crippen molar-refractivity contribution < 1.29 is 9.53 Å². The molecule has 0 saturated carbocycles. The van der Waals surface area contributed by atoms with Crippen LogP contribution in [0.15, 0.2) is 48.8 Å². The molecule has 3 heterocycles. The predicted octanol–water partition coefficient (Wildman–Crippen LogP) is 4.15. The average molecular weight is 416 g/mol. The summed E-state index contributed by atoms with van der Waals surface area (Å²) in [5.41, 5.74) is 1.72. The smallest absolute Gasteiger partial charge is 0.357 e. The van der Waals surface area contributed by atoms with Crippen LogP contribution >= 0.6 is 23.2 Å². The normalized spacial score (nSPS) is 11.1. The van der Waals surface area contributed by atoms with Crippen molar-refractivity contribution in [3.8, 4) is 5.82 Å². The SMILES string of the molecule is CCOC(=O)c1cc(Cn2ncc3c(Cl)cccc32)nn1-c1ncccc1Cl. The van der Waals surface area contributed by atoms with Crippen molar-refractivity contribution in [3.63, 3.8) is 0 Å². The number of aromatic nitrogens is 5. The minimum atomic E-state index is -0.503. The van der Waals surface area contributed by atoms with Crippen molar-refractivity contribution in [2.24, 2.45) is 0 Å². The molecule has 0 spiro atoms. The molecule has 0 amide bonds. The van der Waals surface area contributed by atoms with E-state index < -0.39 is 5.97 Å². The van der Waals surface area contributed by atoms with Crippen LogP contribution < -0.4 is 0 Å². The minimum Gasteiger partial charge on any atom is -0.461 e. The molecule has 0 saturated heterocycles. The summed E-state index contributed by atoms with van der Waals surface area (Å²) in [5, 5.41) is 10.8. The summed E-state index contributed by atoms with van der Waals surface area (Å²) in [6, 6.07) is 10.6. The van der Waals surface area contributed by atoms with E-state index in [0.717, 1.165) is 10.9 Å². The first-order valence-electron chi connectivity index (χ1n) is 8.55. The highest BCUT2D eigenvalue weighted by molar-refractivity contribution is 6.35. The number of benzene rings is 1. The molecule has 0 atom stereocenters. The van der Waals surface area contributed by atoms with Gasteiger partial charge in [-0.1, -0.05) is 29.3 Å². The van der Waals surface area contributed by atoms with Crippen molar-refractivity contribution in [2.75, 3.05) is 6.61 Å². The number of halogens is 2. The Morgan fingerprint density at radius 3 is 2.79 bits per heavy atom. The molecule has 0 unspecified atom stereocenters. The Morgan fingerprint density at radius 2 is 2.00 bits per heavy atom. The number of hydrogen-bond acceptors (Lipinski definition) is 5. The molecule has 0 fully saturated rings. The van der Waals surface area contributed by atoms with Gasteiger partial charge in [-0.05, 0) is 37.3 Å². The highest BCUT2D eigenvalue weighted by atomic mass is 35.5. The lowest BCUT2D eigenvalue weighted by molar-refractivity contribution is 0.0515. The van der Waals surface area contributed by atoms with Gasteiger partial charge in [0.2, 0.25) is 0 Å². The van der Waals surface area contributed by atoms with Crippen molar-refractivity contribution >= 4 is 40.1 Å². The molecule has 4 aromatic rings. The van der Waals surface area contributed by atoms with Crippen LogP contribution in [-0.4, -0.2) is 37.1 Å². The summed E-state index contributed by atoms with van der Waals surface area (Å²) >= 11 is 12.5. The number of nitrogens with zero attached hydrogens (tertiary/aromatic N) is 5. The number of fused-ring (bicyclic) bond motifs is 1. The highest BCUT2D eigenvalue weighted by Gasteiger charge is 2.20. The molecule has 1 aromatic carbocycles. The van der Waals surface area contributed by atoms with E-state index in [-0.39, 0.29) is 12.3 Å². The first-order chi connectivity index (χ1) is 13.6. The molecule has 3 aromatic heterocycles. The van der Waals surface area contributed by atoms with Crippen LogP contribution in [0.4, 0.5) is 0 Å². The molecular weight excluding hydrogens is 401 g/mol. The van der Waals surface area contributed by atoms with Crippen molar-refractivity contribution in [1.29, 1.82) is 0 Å². The zero-order valence-corrected chi connectivity index (χ0v) is 16.4. The first kappa shape index (κ1) is 18.5. The van der Waals surface area contributed by atoms with Gasteiger partial charge in [-0.25, -0.2) is 14.5 Å². The summed E-state index contributed by atoms with van der Waals surface area (Å²) in [6.45, 7) is 2.33. The van der Waals surface area contributed by atoms with Gasteiger partial charge in [-0.15, -0.1) is 0 Å². The third-order valence-corrected chi connectivity index (χ3v) is 4.75. The summed E-state index contributed by atoms with van der Waals surface area (Å²) < 4.78 is 8.32. The standard InChI is InChI=1S/C19H15Cl2N5O2/c1-2-28-19(27)17-9-12(24-26(17)18-15(21)6-4-8-22-18)11-25-16-7-3-5-14(20)13(16)10-23-25/h3-10H,2,11H2,1H3. The molecule has 0 aliphatic heterocycles. The minimum absolute atomic E-state index is 0.243. The topological polar surface area (TPSA) is 74.8 Å². The van der Waals surface area contributed by atoms with Crippen LogP contribution in [0.1, 0.15) is 23.1 Å². The first-order valence-corrected chi connectivity index (χ1v) is 9.31. The van der Waals surface area contributed by atoms with E-state index in [1.165, 1.54) is 4.68 Å². The Labute approximate surface area is 170 Å². The van der Waals surface area contributed by atoms with Crippen molar-refractivity contribution in [1.82, 2.24) is 24.5 Å². The Kier molecular flexibility index (Phi) is 5.02. The molecule has 7 nitrogen and oxygen atoms in total. The fraction of sp³-hybridized carbons (Fsp3) is 0.158. The van der Waals surface area contributed by atoms with Gasteiger partial charge in [-0.3, -0.25) is 4.68 Å². The van der Waals surface area contributed by atoms with Crippen LogP contribution in [-0.2, 0) is 11.3 Å². The Morgan fingerprint density at radius 1 is 1.18 bits per heavy atom. The molecule has 4 rings (SSSR count). The van der Waals surface area contributed by atoms with E-state index in [4.69, 9.17) is 27.9 Å². The molecule has 0 bridgehead atoms. The number of esters is 1. The molecule has 0 aliphatic rings. The van der Waals surface area contributed by atoms with E-state index in [0.29, 0.717) is 28.1 Å². The van der Waals surface area contributed by atoms with Crippen LogP contribution in [0.25, 0.3) is 16.7 Å². The summed E-state index contributed by atoms with van der Waals surface area (Å²) in [7, 11) is 0. The van der Waals surface area contributed by atoms with Crippen LogP contribution in [0.2, 0.25) is 10.0 Å².